The minimum absolute atomic E-state index is 0.255. The highest BCUT2D eigenvalue weighted by Gasteiger charge is 2.13. The molecular weight excluding hydrogens is 254 g/mol. The third kappa shape index (κ3) is 2.30. The summed E-state index contributed by atoms with van der Waals surface area (Å²) in [6.45, 7) is 1.73. The van der Waals surface area contributed by atoms with Gasteiger partial charge in [-0.1, -0.05) is 15.9 Å². The predicted molar refractivity (Wildman–Crippen MR) is 54.6 cm³/mol. The normalized spacial score (nSPS) is 11.6. The molecule has 0 aliphatic carbocycles. The van der Waals surface area contributed by atoms with Crippen molar-refractivity contribution in [2.24, 2.45) is 0 Å². The van der Waals surface area contributed by atoms with Crippen LogP contribution in [0.4, 0.5) is 0 Å². The largest absolute Gasteiger partial charge is 0.240 e. The van der Waals surface area contributed by atoms with Crippen molar-refractivity contribution in [3.8, 4) is 0 Å². The Balaban J connectivity index is 3.33. The monoisotopic (exact) mass is 262 g/mol. The molecule has 0 heterocycles. The summed E-state index contributed by atoms with van der Waals surface area (Å²) in [5, 5.41) is 0. The van der Waals surface area contributed by atoms with Gasteiger partial charge >= 0.3 is 0 Å². The number of hydrogen-bond donors (Lipinski definition) is 1. The maximum absolute atomic E-state index is 11.3. The molecule has 1 aromatic rings. The smallest absolute Gasteiger partial charge is 0.210 e. The van der Waals surface area contributed by atoms with Crippen molar-refractivity contribution in [2.45, 2.75) is 11.8 Å². The lowest BCUT2D eigenvalue weighted by atomic mass is 10.2. The van der Waals surface area contributed by atoms with Crippen molar-refractivity contribution in [3.05, 3.63) is 35.3 Å². The lowest BCUT2D eigenvalue weighted by molar-refractivity contribution is 0.589. The molecule has 71 valence electrons. The molecule has 0 atom stereocenters. The summed E-state index contributed by atoms with van der Waals surface area (Å²) in [6.07, 6.45) is 0. The van der Waals surface area contributed by atoms with Crippen molar-refractivity contribution >= 4 is 26.0 Å². The van der Waals surface area contributed by atoms with Gasteiger partial charge in [-0.2, -0.15) is 0 Å². The van der Waals surface area contributed by atoms with Gasteiger partial charge < -0.3 is 0 Å². The first kappa shape index (κ1) is 10.7. The first-order valence-electron chi connectivity index (χ1n) is 3.52. The Hall–Kier alpha value is -0.390. The molecule has 1 rings (SSSR count). The van der Waals surface area contributed by atoms with E-state index in [9.17, 15) is 8.42 Å². The third-order valence-electron chi connectivity index (χ3n) is 1.62. The molecule has 0 aromatic heterocycles. The van der Waals surface area contributed by atoms with E-state index in [0.29, 0.717) is 5.56 Å². The molecule has 0 fully saturated rings. The van der Waals surface area contributed by atoms with Crippen molar-refractivity contribution in [1.82, 2.24) is 4.72 Å². The van der Waals surface area contributed by atoms with Crippen LogP contribution in [0, 0.1) is 14.0 Å². The number of hydrogen-bond acceptors (Lipinski definition) is 2. The molecule has 0 saturated heterocycles. The van der Waals surface area contributed by atoms with Gasteiger partial charge in [0.2, 0.25) is 10.0 Å². The van der Waals surface area contributed by atoms with Gasteiger partial charge in [-0.15, -0.1) is 0 Å². The van der Waals surface area contributed by atoms with Gasteiger partial charge in [0.1, 0.15) is 0 Å². The topological polar surface area (TPSA) is 46.2 Å². The van der Waals surface area contributed by atoms with Crippen LogP contribution in [0.25, 0.3) is 0 Å². The van der Waals surface area contributed by atoms with Crippen LogP contribution in [-0.4, -0.2) is 8.42 Å². The summed E-state index contributed by atoms with van der Waals surface area (Å²) in [5.41, 5.74) is 0.686. The Labute approximate surface area is 86.3 Å². The quantitative estimate of drug-likeness (QED) is 0.884. The minimum atomic E-state index is -3.43. The van der Waals surface area contributed by atoms with Crippen molar-refractivity contribution < 1.29 is 8.42 Å². The van der Waals surface area contributed by atoms with Crippen LogP contribution in [0.1, 0.15) is 5.56 Å². The first-order chi connectivity index (χ1) is 5.97. The molecule has 3 nitrogen and oxygen atoms in total. The van der Waals surface area contributed by atoms with Gasteiger partial charge in [0.25, 0.3) is 0 Å². The maximum atomic E-state index is 11.3. The predicted octanol–water partition coefficient (Wildman–Crippen LogP) is 1.83. The molecule has 1 radical (unpaired) electrons. The van der Waals surface area contributed by atoms with E-state index >= 15 is 0 Å². The molecule has 0 spiro atoms. The van der Waals surface area contributed by atoms with Gasteiger partial charge in [0.05, 0.1) is 4.90 Å². The SMILES string of the molecule is [CH2]NS(=O)(=O)c1ccc(Br)cc1C. The van der Waals surface area contributed by atoms with Crippen LogP contribution < -0.4 is 4.72 Å². The molecule has 0 unspecified atom stereocenters. The first-order valence-corrected chi connectivity index (χ1v) is 5.80. The second-order valence-corrected chi connectivity index (χ2v) is 5.21. The number of halogens is 1. The molecule has 1 N–H and O–H groups in total. The average molecular weight is 263 g/mol. The second-order valence-electron chi connectivity index (χ2n) is 2.56. The third-order valence-corrected chi connectivity index (χ3v) is 3.53. The summed E-state index contributed by atoms with van der Waals surface area (Å²) >= 11 is 3.25. The lowest BCUT2D eigenvalue weighted by Crippen LogP contribution is -2.17. The molecule has 1 aromatic carbocycles. The summed E-state index contributed by atoms with van der Waals surface area (Å²) in [5.74, 6) is 0. The lowest BCUT2D eigenvalue weighted by Gasteiger charge is -2.05. The van der Waals surface area contributed by atoms with Gasteiger partial charge in [-0.25, -0.2) is 13.1 Å². The number of benzene rings is 1. The van der Waals surface area contributed by atoms with Gasteiger partial charge in [0, 0.05) is 11.5 Å². The number of sulfonamides is 1. The zero-order chi connectivity index (χ0) is 10.1. The summed E-state index contributed by atoms with van der Waals surface area (Å²) in [7, 11) is -0.280. The Morgan fingerprint density at radius 2 is 2.08 bits per heavy atom. The van der Waals surface area contributed by atoms with Crippen molar-refractivity contribution in [2.75, 3.05) is 0 Å². The fraction of sp³-hybridized carbons (Fsp3) is 0.125. The Morgan fingerprint density at radius 3 is 2.54 bits per heavy atom. The molecule has 13 heavy (non-hydrogen) atoms. The van der Waals surface area contributed by atoms with Crippen LogP contribution >= 0.6 is 15.9 Å². The van der Waals surface area contributed by atoms with Crippen molar-refractivity contribution in [1.29, 1.82) is 0 Å². The Kier molecular flexibility index (Phi) is 3.10. The van der Waals surface area contributed by atoms with Crippen molar-refractivity contribution in [3.63, 3.8) is 0 Å². The zero-order valence-electron chi connectivity index (χ0n) is 7.04. The number of rotatable bonds is 2. The van der Waals surface area contributed by atoms with Crippen LogP contribution in [0.2, 0.25) is 0 Å². The highest BCUT2D eigenvalue weighted by atomic mass is 79.9. The summed E-state index contributed by atoms with van der Waals surface area (Å²) < 4.78 is 25.6. The van der Waals surface area contributed by atoms with E-state index in [4.69, 9.17) is 0 Å². The van der Waals surface area contributed by atoms with E-state index in [0.717, 1.165) is 4.47 Å². The average Bonchev–Trinajstić information content (AvgIpc) is 2.03. The zero-order valence-corrected chi connectivity index (χ0v) is 9.44. The molecule has 0 bridgehead atoms. The van der Waals surface area contributed by atoms with Crippen LogP contribution in [0.15, 0.2) is 27.6 Å². The standard InChI is InChI=1S/C8H9BrNO2S/c1-6-5-7(9)3-4-8(6)13(11,12)10-2/h3-5,10H,2H2,1H3. The van der Waals surface area contributed by atoms with E-state index in [-0.39, 0.29) is 4.90 Å². The molecule has 0 amide bonds. The highest BCUT2D eigenvalue weighted by molar-refractivity contribution is 9.10. The molecular formula is C8H9BrNO2S. The molecule has 0 aliphatic rings. The molecule has 5 heteroatoms. The minimum Gasteiger partial charge on any atom is -0.210 e. The van der Waals surface area contributed by atoms with Gasteiger partial charge in [0.15, 0.2) is 0 Å². The van der Waals surface area contributed by atoms with Crippen LogP contribution in [-0.2, 0) is 10.0 Å². The summed E-state index contributed by atoms with van der Waals surface area (Å²) in [4.78, 5) is 0.255. The van der Waals surface area contributed by atoms with E-state index in [1.54, 1.807) is 19.1 Å². The van der Waals surface area contributed by atoms with Crippen LogP contribution in [0.3, 0.4) is 0 Å². The van der Waals surface area contributed by atoms with Gasteiger partial charge in [-0.05, 0) is 30.7 Å². The second kappa shape index (κ2) is 3.77. The molecule has 0 saturated carbocycles. The summed E-state index contributed by atoms with van der Waals surface area (Å²) in [6, 6.07) is 4.95. The molecule has 0 aliphatic heterocycles. The van der Waals surface area contributed by atoms with Crippen LogP contribution in [0.5, 0.6) is 0 Å². The highest BCUT2D eigenvalue weighted by Crippen LogP contribution is 2.19. The van der Waals surface area contributed by atoms with Gasteiger partial charge in [-0.3, -0.25) is 0 Å². The van der Waals surface area contributed by atoms with E-state index < -0.39 is 10.0 Å². The van der Waals surface area contributed by atoms with E-state index in [1.165, 1.54) is 6.07 Å². The van der Waals surface area contributed by atoms with E-state index in [1.807, 2.05) is 4.72 Å². The number of nitrogens with one attached hydrogen (secondary N) is 1. The maximum Gasteiger partial charge on any atom is 0.240 e. The Morgan fingerprint density at radius 1 is 1.46 bits per heavy atom. The fourth-order valence-corrected chi connectivity index (χ4v) is 2.35. The van der Waals surface area contributed by atoms with E-state index in [2.05, 4.69) is 23.0 Å². The Bertz CT molecular complexity index is 414. The number of aryl methyl sites for hydroxylation is 1. The fourth-order valence-electron chi connectivity index (χ4n) is 0.992.